The van der Waals surface area contributed by atoms with Crippen molar-refractivity contribution in [1.82, 2.24) is 10.6 Å². The molecule has 0 saturated carbocycles. The molecule has 112 valence electrons. The molecule has 0 aliphatic carbocycles. The number of rotatable bonds is 8. The Labute approximate surface area is 123 Å². The quantitative estimate of drug-likeness (QED) is 0.765. The number of carbonyl (C=O) groups excluding carboxylic acids is 1. The molecule has 3 nitrogen and oxygen atoms in total. The van der Waals surface area contributed by atoms with Crippen molar-refractivity contribution >= 4 is 5.91 Å². The summed E-state index contributed by atoms with van der Waals surface area (Å²) in [4.78, 5) is 11.6. The van der Waals surface area contributed by atoms with Gasteiger partial charge < -0.3 is 10.6 Å². The van der Waals surface area contributed by atoms with Crippen molar-refractivity contribution in [2.75, 3.05) is 6.54 Å². The van der Waals surface area contributed by atoms with E-state index in [4.69, 9.17) is 0 Å². The Bertz CT molecular complexity index is 398. The highest BCUT2D eigenvalue weighted by molar-refractivity contribution is 5.78. The van der Waals surface area contributed by atoms with Crippen LogP contribution in [-0.4, -0.2) is 18.5 Å². The monoisotopic (exact) mass is 276 g/mol. The highest BCUT2D eigenvalue weighted by atomic mass is 16.1. The Kier molecular flexibility index (Phi) is 7.31. The minimum atomic E-state index is 0.0476. The molecule has 1 rings (SSSR count). The van der Waals surface area contributed by atoms with Crippen LogP contribution in [0.25, 0.3) is 0 Å². The number of carbonyl (C=O) groups is 1. The first kappa shape index (κ1) is 16.7. The number of hydrogen-bond donors (Lipinski definition) is 2. The van der Waals surface area contributed by atoms with Gasteiger partial charge in [-0.05, 0) is 44.7 Å². The van der Waals surface area contributed by atoms with E-state index in [2.05, 4.69) is 48.7 Å². The Balaban J connectivity index is 2.43. The van der Waals surface area contributed by atoms with E-state index in [1.165, 1.54) is 24.0 Å². The number of nitrogens with one attached hydrogen (secondary N) is 2. The second-order valence-corrected chi connectivity index (χ2v) is 5.67. The molecule has 0 aromatic heterocycles. The molecule has 0 fully saturated rings. The van der Waals surface area contributed by atoms with Gasteiger partial charge in [-0.15, -0.1) is 0 Å². The van der Waals surface area contributed by atoms with Crippen LogP contribution in [0, 0.1) is 0 Å². The average Bonchev–Trinajstić information content (AvgIpc) is 2.42. The van der Waals surface area contributed by atoms with Crippen molar-refractivity contribution in [3.8, 4) is 0 Å². The largest absolute Gasteiger partial charge is 0.353 e. The number of aryl methyl sites for hydroxylation is 1. The number of unbranched alkanes of at least 4 members (excludes halogenated alkanes) is 1. The summed E-state index contributed by atoms with van der Waals surface area (Å²) >= 11 is 0. The maximum Gasteiger partial charge on any atom is 0.234 e. The smallest absolute Gasteiger partial charge is 0.234 e. The normalized spacial score (nSPS) is 12.4. The zero-order chi connectivity index (χ0) is 15.0. The average molecular weight is 276 g/mol. The van der Waals surface area contributed by atoms with Gasteiger partial charge in [0.05, 0.1) is 6.54 Å². The standard InChI is InChI=1S/C17H28N2O/c1-5-6-7-15-8-10-16(11-9-15)14(4)18-12-17(20)19-13(2)3/h8-11,13-14,18H,5-7,12H2,1-4H3,(H,19,20). The van der Waals surface area contributed by atoms with Crippen molar-refractivity contribution < 1.29 is 4.79 Å². The topological polar surface area (TPSA) is 41.1 Å². The number of hydrogen-bond acceptors (Lipinski definition) is 2. The zero-order valence-electron chi connectivity index (χ0n) is 13.2. The molecule has 0 saturated heterocycles. The van der Waals surface area contributed by atoms with Crippen LogP contribution in [0.1, 0.15) is 57.7 Å². The third-order valence-corrected chi connectivity index (χ3v) is 3.32. The summed E-state index contributed by atoms with van der Waals surface area (Å²) in [6.45, 7) is 8.59. The molecule has 0 radical (unpaired) electrons. The molecule has 0 spiro atoms. The van der Waals surface area contributed by atoms with Crippen molar-refractivity contribution in [3.05, 3.63) is 35.4 Å². The first-order valence-electron chi connectivity index (χ1n) is 7.64. The van der Waals surface area contributed by atoms with Crippen LogP contribution in [0.15, 0.2) is 24.3 Å². The van der Waals surface area contributed by atoms with E-state index in [-0.39, 0.29) is 18.0 Å². The van der Waals surface area contributed by atoms with Gasteiger partial charge >= 0.3 is 0 Å². The van der Waals surface area contributed by atoms with E-state index in [0.717, 1.165) is 6.42 Å². The molecule has 20 heavy (non-hydrogen) atoms. The minimum Gasteiger partial charge on any atom is -0.353 e. The number of benzene rings is 1. The number of amides is 1. The van der Waals surface area contributed by atoms with E-state index in [1.54, 1.807) is 0 Å². The lowest BCUT2D eigenvalue weighted by molar-refractivity contribution is -0.120. The summed E-state index contributed by atoms with van der Waals surface area (Å²) in [5, 5.41) is 6.14. The highest BCUT2D eigenvalue weighted by Crippen LogP contribution is 2.14. The van der Waals surface area contributed by atoms with Crippen LogP contribution >= 0.6 is 0 Å². The molecule has 0 aliphatic heterocycles. The highest BCUT2D eigenvalue weighted by Gasteiger charge is 2.08. The van der Waals surface area contributed by atoms with Crippen molar-refractivity contribution in [1.29, 1.82) is 0 Å². The molecular weight excluding hydrogens is 248 g/mol. The summed E-state index contributed by atoms with van der Waals surface area (Å²) in [5.41, 5.74) is 2.61. The van der Waals surface area contributed by atoms with Crippen LogP contribution in [-0.2, 0) is 11.2 Å². The van der Waals surface area contributed by atoms with Gasteiger partial charge in [0.1, 0.15) is 0 Å². The molecule has 1 unspecified atom stereocenters. The fourth-order valence-electron chi connectivity index (χ4n) is 2.09. The van der Waals surface area contributed by atoms with Gasteiger partial charge in [0, 0.05) is 12.1 Å². The molecule has 0 bridgehead atoms. The summed E-state index contributed by atoms with van der Waals surface area (Å²) in [6, 6.07) is 9.08. The Hall–Kier alpha value is -1.35. The third-order valence-electron chi connectivity index (χ3n) is 3.32. The van der Waals surface area contributed by atoms with Crippen LogP contribution in [0.5, 0.6) is 0 Å². The van der Waals surface area contributed by atoms with Crippen LogP contribution in [0.3, 0.4) is 0 Å². The molecule has 0 aliphatic rings. The molecule has 1 atom stereocenters. The summed E-state index contributed by atoms with van der Waals surface area (Å²) < 4.78 is 0. The summed E-state index contributed by atoms with van der Waals surface area (Å²) in [5.74, 6) is 0.0476. The first-order valence-corrected chi connectivity index (χ1v) is 7.64. The zero-order valence-corrected chi connectivity index (χ0v) is 13.2. The van der Waals surface area contributed by atoms with Crippen molar-refractivity contribution in [2.45, 2.75) is 59.0 Å². The molecule has 1 aromatic carbocycles. The fourth-order valence-corrected chi connectivity index (χ4v) is 2.09. The van der Waals surface area contributed by atoms with Crippen molar-refractivity contribution in [2.24, 2.45) is 0 Å². The lowest BCUT2D eigenvalue weighted by Crippen LogP contribution is -2.38. The second kappa shape index (κ2) is 8.75. The SMILES string of the molecule is CCCCc1ccc(C(C)NCC(=O)NC(C)C)cc1. The molecule has 1 aromatic rings. The van der Waals surface area contributed by atoms with Crippen LogP contribution < -0.4 is 10.6 Å². The lowest BCUT2D eigenvalue weighted by atomic mass is 10.0. The third kappa shape index (κ3) is 6.20. The van der Waals surface area contributed by atoms with Gasteiger partial charge in [0.25, 0.3) is 0 Å². The first-order chi connectivity index (χ1) is 9.52. The van der Waals surface area contributed by atoms with E-state index >= 15 is 0 Å². The van der Waals surface area contributed by atoms with E-state index in [9.17, 15) is 4.79 Å². The second-order valence-electron chi connectivity index (χ2n) is 5.67. The van der Waals surface area contributed by atoms with Gasteiger partial charge in [-0.1, -0.05) is 37.6 Å². The van der Waals surface area contributed by atoms with Crippen molar-refractivity contribution in [3.63, 3.8) is 0 Å². The minimum absolute atomic E-state index is 0.0476. The van der Waals surface area contributed by atoms with Crippen LogP contribution in [0.4, 0.5) is 0 Å². The van der Waals surface area contributed by atoms with Gasteiger partial charge in [0.15, 0.2) is 0 Å². The van der Waals surface area contributed by atoms with E-state index in [1.807, 2.05) is 13.8 Å². The molecule has 0 heterocycles. The van der Waals surface area contributed by atoms with Crippen LogP contribution in [0.2, 0.25) is 0 Å². The fraction of sp³-hybridized carbons (Fsp3) is 0.588. The maximum absolute atomic E-state index is 11.6. The predicted molar refractivity (Wildman–Crippen MR) is 84.8 cm³/mol. The molecule has 3 heteroatoms. The maximum atomic E-state index is 11.6. The van der Waals surface area contributed by atoms with Gasteiger partial charge in [0.2, 0.25) is 5.91 Å². The Morgan fingerprint density at radius 1 is 1.15 bits per heavy atom. The van der Waals surface area contributed by atoms with Gasteiger partial charge in [-0.3, -0.25) is 4.79 Å². The van der Waals surface area contributed by atoms with E-state index in [0.29, 0.717) is 6.54 Å². The lowest BCUT2D eigenvalue weighted by Gasteiger charge is -2.15. The summed E-state index contributed by atoms with van der Waals surface area (Å²) in [7, 11) is 0. The molecule has 2 N–H and O–H groups in total. The predicted octanol–water partition coefficient (Wildman–Crippen LogP) is 3.20. The van der Waals surface area contributed by atoms with Gasteiger partial charge in [-0.25, -0.2) is 0 Å². The molecule has 1 amide bonds. The van der Waals surface area contributed by atoms with E-state index < -0.39 is 0 Å². The van der Waals surface area contributed by atoms with Gasteiger partial charge in [-0.2, -0.15) is 0 Å². The summed E-state index contributed by atoms with van der Waals surface area (Å²) in [6.07, 6.45) is 3.61. The Morgan fingerprint density at radius 2 is 1.80 bits per heavy atom. The Morgan fingerprint density at radius 3 is 2.35 bits per heavy atom. The molecular formula is C17H28N2O.